The topological polar surface area (TPSA) is 49.6 Å². The summed E-state index contributed by atoms with van der Waals surface area (Å²) in [5.74, 6) is 1.92. The predicted octanol–water partition coefficient (Wildman–Crippen LogP) is 2.94. The first-order valence-corrected chi connectivity index (χ1v) is 6.88. The van der Waals surface area contributed by atoms with Gasteiger partial charge in [0.05, 0.1) is 6.26 Å². The van der Waals surface area contributed by atoms with E-state index in [0.29, 0.717) is 6.04 Å². The Morgan fingerprint density at radius 2 is 2.16 bits per heavy atom. The molecule has 2 rings (SSSR count). The highest BCUT2D eigenvalue weighted by Gasteiger charge is 2.14. The van der Waals surface area contributed by atoms with Gasteiger partial charge >= 0.3 is 0 Å². The van der Waals surface area contributed by atoms with Crippen LogP contribution in [0.25, 0.3) is 0 Å². The van der Waals surface area contributed by atoms with Gasteiger partial charge in [-0.15, -0.1) is 24.0 Å². The summed E-state index contributed by atoms with van der Waals surface area (Å²) < 4.78 is 5.30. The Hall–Kier alpha value is -0.720. The molecule has 1 heterocycles. The van der Waals surface area contributed by atoms with Crippen LogP contribution in [0.5, 0.6) is 0 Å². The lowest BCUT2D eigenvalue weighted by atomic mass is 9.96. The molecule has 4 nitrogen and oxygen atoms in total. The summed E-state index contributed by atoms with van der Waals surface area (Å²) in [4.78, 5) is 4.26. The molecule has 0 spiro atoms. The number of halogens is 1. The zero-order valence-electron chi connectivity index (χ0n) is 11.5. The van der Waals surface area contributed by atoms with E-state index in [1.54, 1.807) is 6.26 Å². The van der Waals surface area contributed by atoms with Gasteiger partial charge in [-0.05, 0) is 25.0 Å². The maximum atomic E-state index is 5.30. The minimum Gasteiger partial charge on any atom is -0.469 e. The van der Waals surface area contributed by atoms with E-state index in [1.807, 2.05) is 19.2 Å². The standard InChI is InChI=1S/C14H23N3O.HI/c1-15-14(17-12-6-3-2-4-7-12)16-10-9-13-8-5-11-18-13;/h5,8,11-12H,2-4,6-7,9-10H2,1H3,(H2,15,16,17);1H. The summed E-state index contributed by atoms with van der Waals surface area (Å²) in [5.41, 5.74) is 0. The van der Waals surface area contributed by atoms with Gasteiger partial charge in [0.1, 0.15) is 5.76 Å². The highest BCUT2D eigenvalue weighted by molar-refractivity contribution is 14.0. The highest BCUT2D eigenvalue weighted by Crippen LogP contribution is 2.17. The molecule has 0 unspecified atom stereocenters. The summed E-state index contributed by atoms with van der Waals surface area (Å²) in [6.07, 6.45) is 9.17. The van der Waals surface area contributed by atoms with Crippen LogP contribution in [0.3, 0.4) is 0 Å². The number of hydrogen-bond acceptors (Lipinski definition) is 2. The number of nitrogens with one attached hydrogen (secondary N) is 2. The normalized spacial score (nSPS) is 16.8. The Morgan fingerprint density at radius 3 is 2.79 bits per heavy atom. The van der Waals surface area contributed by atoms with Gasteiger partial charge in [-0.25, -0.2) is 0 Å². The molecule has 19 heavy (non-hydrogen) atoms. The number of guanidine groups is 1. The summed E-state index contributed by atoms with van der Waals surface area (Å²) in [6.45, 7) is 0.847. The van der Waals surface area contributed by atoms with Crippen molar-refractivity contribution in [3.8, 4) is 0 Å². The lowest BCUT2D eigenvalue weighted by Crippen LogP contribution is -2.44. The molecule has 0 amide bonds. The molecule has 1 fully saturated rings. The van der Waals surface area contributed by atoms with Crippen molar-refractivity contribution in [2.75, 3.05) is 13.6 Å². The fourth-order valence-electron chi connectivity index (χ4n) is 2.39. The number of nitrogens with zero attached hydrogens (tertiary/aromatic N) is 1. The minimum atomic E-state index is 0. The Kier molecular flexibility index (Phi) is 7.93. The van der Waals surface area contributed by atoms with Crippen molar-refractivity contribution in [2.45, 2.75) is 44.6 Å². The van der Waals surface area contributed by atoms with Crippen molar-refractivity contribution in [1.82, 2.24) is 10.6 Å². The molecule has 0 saturated heterocycles. The second kappa shape index (κ2) is 9.23. The van der Waals surface area contributed by atoms with Gasteiger partial charge in [0, 0.05) is 26.1 Å². The molecule has 1 aromatic rings. The molecule has 2 N–H and O–H groups in total. The van der Waals surface area contributed by atoms with Crippen molar-refractivity contribution in [1.29, 1.82) is 0 Å². The van der Waals surface area contributed by atoms with Crippen LogP contribution >= 0.6 is 24.0 Å². The van der Waals surface area contributed by atoms with Crippen molar-refractivity contribution in [2.24, 2.45) is 4.99 Å². The van der Waals surface area contributed by atoms with Crippen LogP contribution in [0.4, 0.5) is 0 Å². The molecule has 0 radical (unpaired) electrons. The van der Waals surface area contributed by atoms with Crippen molar-refractivity contribution >= 4 is 29.9 Å². The highest BCUT2D eigenvalue weighted by atomic mass is 127. The van der Waals surface area contributed by atoms with E-state index in [0.717, 1.165) is 24.7 Å². The fraction of sp³-hybridized carbons (Fsp3) is 0.643. The van der Waals surface area contributed by atoms with Gasteiger partial charge in [0.25, 0.3) is 0 Å². The van der Waals surface area contributed by atoms with Crippen LogP contribution in [0, 0.1) is 0 Å². The van der Waals surface area contributed by atoms with Crippen LogP contribution in [0.1, 0.15) is 37.9 Å². The van der Waals surface area contributed by atoms with E-state index in [9.17, 15) is 0 Å². The third-order valence-electron chi connectivity index (χ3n) is 3.41. The van der Waals surface area contributed by atoms with E-state index in [2.05, 4.69) is 15.6 Å². The number of rotatable bonds is 4. The first-order valence-electron chi connectivity index (χ1n) is 6.88. The molecule has 5 heteroatoms. The Morgan fingerprint density at radius 1 is 1.37 bits per heavy atom. The monoisotopic (exact) mass is 377 g/mol. The molecule has 0 aliphatic heterocycles. The van der Waals surface area contributed by atoms with E-state index < -0.39 is 0 Å². The summed E-state index contributed by atoms with van der Waals surface area (Å²) in [6, 6.07) is 4.51. The molecule has 1 aliphatic carbocycles. The molecular weight excluding hydrogens is 353 g/mol. The Labute approximate surface area is 132 Å². The quantitative estimate of drug-likeness (QED) is 0.482. The first-order chi connectivity index (χ1) is 8.88. The Bertz CT molecular complexity index is 359. The van der Waals surface area contributed by atoms with E-state index in [-0.39, 0.29) is 24.0 Å². The molecule has 1 aromatic heterocycles. The lowest BCUT2D eigenvalue weighted by molar-refractivity contribution is 0.410. The molecule has 0 bridgehead atoms. The first kappa shape index (κ1) is 16.3. The van der Waals surface area contributed by atoms with Crippen molar-refractivity contribution in [3.05, 3.63) is 24.2 Å². The average molecular weight is 377 g/mol. The zero-order valence-corrected chi connectivity index (χ0v) is 13.9. The van der Waals surface area contributed by atoms with Gasteiger partial charge < -0.3 is 15.1 Å². The number of hydrogen-bond donors (Lipinski definition) is 2. The third-order valence-corrected chi connectivity index (χ3v) is 3.41. The second-order valence-electron chi connectivity index (χ2n) is 4.81. The smallest absolute Gasteiger partial charge is 0.191 e. The van der Waals surface area contributed by atoms with Gasteiger partial charge in [-0.3, -0.25) is 4.99 Å². The molecule has 0 atom stereocenters. The fourth-order valence-corrected chi connectivity index (χ4v) is 2.39. The molecule has 1 saturated carbocycles. The predicted molar refractivity (Wildman–Crippen MR) is 89.2 cm³/mol. The van der Waals surface area contributed by atoms with Crippen LogP contribution in [0.2, 0.25) is 0 Å². The lowest BCUT2D eigenvalue weighted by Gasteiger charge is -2.24. The van der Waals surface area contributed by atoms with E-state index in [4.69, 9.17) is 4.42 Å². The van der Waals surface area contributed by atoms with Gasteiger partial charge in [-0.1, -0.05) is 19.3 Å². The number of furan rings is 1. The molecule has 0 aromatic carbocycles. The minimum absolute atomic E-state index is 0. The largest absolute Gasteiger partial charge is 0.469 e. The van der Waals surface area contributed by atoms with Crippen LogP contribution in [-0.4, -0.2) is 25.6 Å². The Balaban J connectivity index is 0.00000180. The third kappa shape index (κ3) is 5.84. The average Bonchev–Trinajstić information content (AvgIpc) is 2.92. The summed E-state index contributed by atoms with van der Waals surface area (Å²) in [5, 5.41) is 6.83. The zero-order chi connectivity index (χ0) is 12.6. The van der Waals surface area contributed by atoms with Crippen LogP contribution < -0.4 is 10.6 Å². The van der Waals surface area contributed by atoms with E-state index in [1.165, 1.54) is 32.1 Å². The van der Waals surface area contributed by atoms with Gasteiger partial charge in [-0.2, -0.15) is 0 Å². The van der Waals surface area contributed by atoms with Gasteiger partial charge in [0.2, 0.25) is 0 Å². The van der Waals surface area contributed by atoms with Crippen molar-refractivity contribution in [3.63, 3.8) is 0 Å². The maximum absolute atomic E-state index is 5.30. The molecule has 108 valence electrons. The van der Waals surface area contributed by atoms with Crippen molar-refractivity contribution < 1.29 is 4.42 Å². The van der Waals surface area contributed by atoms with Crippen LogP contribution in [0.15, 0.2) is 27.8 Å². The van der Waals surface area contributed by atoms with Gasteiger partial charge in [0.15, 0.2) is 5.96 Å². The SMILES string of the molecule is CN=C(NCCc1ccco1)NC1CCCCC1.I. The second-order valence-corrected chi connectivity index (χ2v) is 4.81. The maximum Gasteiger partial charge on any atom is 0.191 e. The molecule has 1 aliphatic rings. The molecular formula is C14H24IN3O. The summed E-state index contributed by atoms with van der Waals surface area (Å²) in [7, 11) is 1.82. The summed E-state index contributed by atoms with van der Waals surface area (Å²) >= 11 is 0. The van der Waals surface area contributed by atoms with Crippen LogP contribution in [-0.2, 0) is 6.42 Å². The number of aliphatic imine (C=N–C) groups is 1. The van der Waals surface area contributed by atoms with E-state index >= 15 is 0 Å².